The lowest BCUT2D eigenvalue weighted by Gasteiger charge is -2.10. The van der Waals surface area contributed by atoms with Gasteiger partial charge in [0, 0.05) is 34.8 Å². The Morgan fingerprint density at radius 3 is 2.57 bits per heavy atom. The molecule has 0 saturated heterocycles. The van der Waals surface area contributed by atoms with Crippen molar-refractivity contribution in [2.75, 3.05) is 14.2 Å². The lowest BCUT2D eigenvalue weighted by Crippen LogP contribution is -2.19. The minimum atomic E-state index is -3.93. The first-order chi connectivity index (χ1) is 13.4. The van der Waals surface area contributed by atoms with E-state index in [2.05, 4.69) is 21.4 Å². The van der Waals surface area contributed by atoms with Crippen molar-refractivity contribution in [2.45, 2.75) is 25.3 Å². The van der Waals surface area contributed by atoms with Gasteiger partial charge in [0.1, 0.15) is 16.4 Å². The maximum Gasteiger partial charge on any atom is 0.280 e. The van der Waals surface area contributed by atoms with Crippen LogP contribution in [0.3, 0.4) is 0 Å². The van der Waals surface area contributed by atoms with E-state index in [4.69, 9.17) is 9.47 Å². The van der Waals surface area contributed by atoms with Crippen molar-refractivity contribution in [1.82, 2.24) is 9.40 Å². The number of nitrogens with zero attached hydrogens (tertiary/aromatic N) is 2. The van der Waals surface area contributed by atoms with E-state index in [9.17, 15) is 8.42 Å². The lowest BCUT2D eigenvalue weighted by atomic mass is 10.1. The molecule has 1 aromatic heterocycles. The molecule has 28 heavy (non-hydrogen) atoms. The van der Waals surface area contributed by atoms with Crippen LogP contribution in [-0.4, -0.2) is 33.4 Å². The molecule has 2 aromatic carbocycles. The molecule has 7 nitrogen and oxygen atoms in total. The van der Waals surface area contributed by atoms with Gasteiger partial charge in [-0.2, -0.15) is 18.4 Å². The first kappa shape index (κ1) is 19.8. The summed E-state index contributed by atoms with van der Waals surface area (Å²) in [7, 11) is -1.05. The highest BCUT2D eigenvalue weighted by molar-refractivity contribution is 7.89. The molecule has 1 heterocycles. The fourth-order valence-electron chi connectivity index (χ4n) is 3.23. The van der Waals surface area contributed by atoms with E-state index in [1.165, 1.54) is 32.6 Å². The molecule has 8 heteroatoms. The molecule has 0 aliphatic carbocycles. The van der Waals surface area contributed by atoms with Gasteiger partial charge in [-0.15, -0.1) is 0 Å². The Labute approximate surface area is 164 Å². The van der Waals surface area contributed by atoms with E-state index in [0.29, 0.717) is 5.75 Å². The van der Waals surface area contributed by atoms with Crippen LogP contribution in [0.15, 0.2) is 52.5 Å². The monoisotopic (exact) mass is 401 g/mol. The second kappa shape index (κ2) is 7.93. The molecule has 3 aromatic rings. The van der Waals surface area contributed by atoms with Gasteiger partial charge in [-0.1, -0.05) is 18.2 Å². The molecule has 0 aliphatic rings. The van der Waals surface area contributed by atoms with E-state index >= 15 is 0 Å². The zero-order valence-corrected chi connectivity index (χ0v) is 17.1. The number of para-hydroxylation sites is 1. The molecule has 0 fully saturated rings. The van der Waals surface area contributed by atoms with Crippen molar-refractivity contribution in [1.29, 1.82) is 0 Å². The zero-order chi connectivity index (χ0) is 20.3. The quantitative estimate of drug-likeness (QED) is 0.486. The van der Waals surface area contributed by atoms with Gasteiger partial charge >= 0.3 is 0 Å². The molecule has 0 spiro atoms. The van der Waals surface area contributed by atoms with Crippen LogP contribution in [-0.2, 0) is 16.6 Å². The van der Waals surface area contributed by atoms with E-state index < -0.39 is 10.0 Å². The van der Waals surface area contributed by atoms with Gasteiger partial charge in [0.15, 0.2) is 0 Å². The minimum absolute atomic E-state index is 0.0424. The molecular weight excluding hydrogens is 378 g/mol. The average molecular weight is 401 g/mol. The van der Waals surface area contributed by atoms with Crippen LogP contribution in [0.1, 0.15) is 18.2 Å². The van der Waals surface area contributed by atoms with Crippen LogP contribution in [0.4, 0.5) is 0 Å². The summed E-state index contributed by atoms with van der Waals surface area (Å²) in [5.74, 6) is 0.620. The number of fused-ring (bicyclic) bond motifs is 1. The van der Waals surface area contributed by atoms with Gasteiger partial charge in [-0.05, 0) is 32.0 Å². The Bertz CT molecular complexity index is 1130. The first-order valence-electron chi connectivity index (χ1n) is 8.77. The summed E-state index contributed by atoms with van der Waals surface area (Å²) in [4.78, 5) is 2.22. The van der Waals surface area contributed by atoms with Crippen molar-refractivity contribution in [3.8, 4) is 11.5 Å². The van der Waals surface area contributed by atoms with E-state index in [1.54, 1.807) is 6.07 Å². The molecule has 0 radical (unpaired) electrons. The Hall–Kier alpha value is -3.00. The highest BCUT2D eigenvalue weighted by Crippen LogP contribution is 2.28. The van der Waals surface area contributed by atoms with Gasteiger partial charge in [-0.25, -0.2) is 0 Å². The topological polar surface area (TPSA) is 81.9 Å². The van der Waals surface area contributed by atoms with Gasteiger partial charge in [0.25, 0.3) is 10.0 Å². The molecule has 0 unspecified atom stereocenters. The number of rotatable bonds is 7. The van der Waals surface area contributed by atoms with Crippen molar-refractivity contribution >= 4 is 27.1 Å². The van der Waals surface area contributed by atoms with Crippen LogP contribution in [0.2, 0.25) is 0 Å². The summed E-state index contributed by atoms with van der Waals surface area (Å²) in [6.45, 7) is 4.87. The number of methoxy groups -OCH3 is 2. The fourth-order valence-corrected chi connectivity index (χ4v) is 4.21. The molecule has 148 valence electrons. The normalized spacial score (nSPS) is 11.9. The Kier molecular flexibility index (Phi) is 5.60. The zero-order valence-electron chi connectivity index (χ0n) is 16.3. The number of ether oxygens (including phenoxy) is 2. The van der Waals surface area contributed by atoms with Crippen molar-refractivity contribution in [2.24, 2.45) is 5.10 Å². The summed E-state index contributed by atoms with van der Waals surface area (Å²) in [6, 6.07) is 12.5. The second-order valence-electron chi connectivity index (χ2n) is 6.13. The van der Waals surface area contributed by atoms with Crippen LogP contribution < -0.4 is 14.3 Å². The predicted octanol–water partition coefficient (Wildman–Crippen LogP) is 3.30. The van der Waals surface area contributed by atoms with Crippen molar-refractivity contribution < 1.29 is 17.9 Å². The maximum atomic E-state index is 12.7. The average Bonchev–Trinajstić information content (AvgIpc) is 2.98. The third-order valence-corrected chi connectivity index (χ3v) is 5.87. The van der Waals surface area contributed by atoms with E-state index in [-0.39, 0.29) is 10.6 Å². The summed E-state index contributed by atoms with van der Waals surface area (Å²) >= 11 is 0. The van der Waals surface area contributed by atoms with Crippen LogP contribution in [0.25, 0.3) is 10.9 Å². The minimum Gasteiger partial charge on any atom is -0.497 e. The summed E-state index contributed by atoms with van der Waals surface area (Å²) in [6.07, 6.45) is 1.54. The number of benzene rings is 2. The number of nitrogens with one attached hydrogen (secondary N) is 1. The van der Waals surface area contributed by atoms with Gasteiger partial charge in [0.2, 0.25) is 0 Å². The molecular formula is C20H23N3O4S. The summed E-state index contributed by atoms with van der Waals surface area (Å²) in [5, 5.41) is 5.02. The number of aromatic nitrogens is 1. The van der Waals surface area contributed by atoms with E-state index in [0.717, 1.165) is 28.7 Å². The SMILES string of the molecule is CCn1c(C)c(/C=N/NS(=O)(=O)c2cc(OC)ccc2OC)c2ccccc21. The van der Waals surface area contributed by atoms with Crippen LogP contribution in [0.5, 0.6) is 11.5 Å². The Balaban J connectivity index is 1.95. The third kappa shape index (κ3) is 3.55. The highest BCUT2D eigenvalue weighted by atomic mass is 32.2. The highest BCUT2D eigenvalue weighted by Gasteiger charge is 2.20. The maximum absolute atomic E-state index is 12.7. The Morgan fingerprint density at radius 2 is 1.89 bits per heavy atom. The largest absolute Gasteiger partial charge is 0.497 e. The summed E-state index contributed by atoms with van der Waals surface area (Å²) in [5.41, 5.74) is 2.98. The second-order valence-corrected chi connectivity index (χ2v) is 7.76. The predicted molar refractivity (Wildman–Crippen MR) is 110 cm³/mol. The van der Waals surface area contributed by atoms with E-state index in [1.807, 2.05) is 31.2 Å². The van der Waals surface area contributed by atoms with Crippen LogP contribution >= 0.6 is 0 Å². The molecule has 1 N–H and O–H groups in total. The third-order valence-electron chi connectivity index (χ3n) is 4.62. The molecule has 0 saturated carbocycles. The number of hydrazone groups is 1. The molecule has 0 atom stereocenters. The number of hydrogen-bond donors (Lipinski definition) is 1. The summed E-state index contributed by atoms with van der Waals surface area (Å²) < 4.78 is 37.9. The molecule has 0 aliphatic heterocycles. The standard InChI is InChI=1S/C20H23N3O4S/c1-5-23-14(2)17(16-8-6-7-9-18(16)23)13-21-22-28(24,25)20-12-15(26-3)10-11-19(20)27-4/h6-13,22H,5H2,1-4H3/b21-13+. The van der Waals surface area contributed by atoms with Gasteiger partial charge < -0.3 is 14.0 Å². The first-order valence-corrected chi connectivity index (χ1v) is 10.3. The number of sulfonamides is 1. The smallest absolute Gasteiger partial charge is 0.280 e. The molecule has 0 amide bonds. The number of hydrogen-bond acceptors (Lipinski definition) is 5. The van der Waals surface area contributed by atoms with Crippen molar-refractivity contribution in [3.05, 3.63) is 53.7 Å². The molecule has 0 bridgehead atoms. The lowest BCUT2D eigenvalue weighted by molar-refractivity contribution is 0.392. The molecule has 3 rings (SSSR count). The van der Waals surface area contributed by atoms with Gasteiger partial charge in [-0.3, -0.25) is 0 Å². The van der Waals surface area contributed by atoms with Gasteiger partial charge in [0.05, 0.1) is 20.4 Å². The fraction of sp³-hybridized carbons (Fsp3) is 0.250. The number of aryl methyl sites for hydroxylation is 1. The van der Waals surface area contributed by atoms with Crippen LogP contribution in [0, 0.1) is 6.92 Å². The Morgan fingerprint density at radius 1 is 1.14 bits per heavy atom. The van der Waals surface area contributed by atoms with Crippen molar-refractivity contribution in [3.63, 3.8) is 0 Å².